The first-order chi connectivity index (χ1) is 6.25. The van der Waals surface area contributed by atoms with Crippen molar-refractivity contribution >= 4 is 22.9 Å². The molecule has 0 aromatic carbocycles. The number of aromatic nitrogens is 2. The van der Waals surface area contributed by atoms with Crippen molar-refractivity contribution in [1.29, 1.82) is 0 Å². The number of rotatable bonds is 1. The number of aryl methyl sites for hydroxylation is 1. The molecule has 0 amide bonds. The highest BCUT2D eigenvalue weighted by molar-refractivity contribution is 7.10. The maximum atomic E-state index is 5.68. The molecule has 0 spiro atoms. The molecular weight excluding hydrogens is 204 g/mol. The van der Waals surface area contributed by atoms with E-state index >= 15 is 0 Å². The molecular formula is C9H7ClN2S. The van der Waals surface area contributed by atoms with Crippen LogP contribution in [0, 0.1) is 6.92 Å². The van der Waals surface area contributed by atoms with E-state index in [4.69, 9.17) is 11.6 Å². The lowest BCUT2D eigenvalue weighted by molar-refractivity contribution is 1.17. The van der Waals surface area contributed by atoms with Gasteiger partial charge >= 0.3 is 0 Å². The van der Waals surface area contributed by atoms with Gasteiger partial charge in [0.15, 0.2) is 0 Å². The molecule has 0 unspecified atom stereocenters. The SMILES string of the molecule is Cc1cc(-c2ccnc(Cl)n2)cs1. The van der Waals surface area contributed by atoms with Crippen molar-refractivity contribution in [3.05, 3.63) is 33.9 Å². The van der Waals surface area contributed by atoms with Crippen LogP contribution in [0.2, 0.25) is 5.28 Å². The molecule has 0 saturated carbocycles. The monoisotopic (exact) mass is 210 g/mol. The molecule has 2 heterocycles. The Morgan fingerprint density at radius 1 is 1.46 bits per heavy atom. The van der Waals surface area contributed by atoms with Gasteiger partial charge in [-0.25, -0.2) is 9.97 Å². The quantitative estimate of drug-likeness (QED) is 0.676. The maximum Gasteiger partial charge on any atom is 0.222 e. The number of hydrogen-bond acceptors (Lipinski definition) is 3. The second-order valence-electron chi connectivity index (χ2n) is 2.66. The van der Waals surface area contributed by atoms with Crippen molar-refractivity contribution in [3.63, 3.8) is 0 Å². The maximum absolute atomic E-state index is 5.68. The number of nitrogens with zero attached hydrogens (tertiary/aromatic N) is 2. The first-order valence-electron chi connectivity index (χ1n) is 3.80. The molecule has 13 heavy (non-hydrogen) atoms. The van der Waals surface area contributed by atoms with Crippen LogP contribution in [0.25, 0.3) is 11.3 Å². The van der Waals surface area contributed by atoms with Crippen molar-refractivity contribution in [3.8, 4) is 11.3 Å². The number of thiophene rings is 1. The minimum Gasteiger partial charge on any atom is -0.226 e. The average molecular weight is 211 g/mol. The van der Waals surface area contributed by atoms with Crippen molar-refractivity contribution in [2.45, 2.75) is 6.92 Å². The fraction of sp³-hybridized carbons (Fsp3) is 0.111. The van der Waals surface area contributed by atoms with Crippen LogP contribution in [-0.2, 0) is 0 Å². The Morgan fingerprint density at radius 3 is 2.92 bits per heavy atom. The minimum absolute atomic E-state index is 0.293. The van der Waals surface area contributed by atoms with E-state index in [-0.39, 0.29) is 0 Å². The summed E-state index contributed by atoms with van der Waals surface area (Å²) in [7, 11) is 0. The molecule has 0 aliphatic rings. The fourth-order valence-corrected chi connectivity index (χ4v) is 1.92. The van der Waals surface area contributed by atoms with Crippen LogP contribution >= 0.6 is 22.9 Å². The molecule has 0 fully saturated rings. The highest BCUT2D eigenvalue weighted by Gasteiger charge is 2.01. The Kier molecular flexibility index (Phi) is 2.29. The van der Waals surface area contributed by atoms with Gasteiger partial charge in [0, 0.05) is 22.0 Å². The smallest absolute Gasteiger partial charge is 0.222 e. The summed E-state index contributed by atoms with van der Waals surface area (Å²) < 4.78 is 0. The first-order valence-corrected chi connectivity index (χ1v) is 5.05. The summed E-state index contributed by atoms with van der Waals surface area (Å²) in [6.45, 7) is 2.07. The second-order valence-corrected chi connectivity index (χ2v) is 4.11. The number of halogens is 1. The van der Waals surface area contributed by atoms with Gasteiger partial charge in [-0.3, -0.25) is 0 Å². The Balaban J connectivity index is 2.46. The van der Waals surface area contributed by atoms with E-state index in [9.17, 15) is 0 Å². The van der Waals surface area contributed by atoms with Crippen LogP contribution in [0.3, 0.4) is 0 Å². The molecule has 4 heteroatoms. The summed E-state index contributed by atoms with van der Waals surface area (Å²) in [5.74, 6) is 0. The van der Waals surface area contributed by atoms with Gasteiger partial charge in [0.2, 0.25) is 5.28 Å². The molecule has 0 N–H and O–H groups in total. The van der Waals surface area contributed by atoms with Gasteiger partial charge in [-0.2, -0.15) is 0 Å². The second kappa shape index (κ2) is 3.44. The van der Waals surface area contributed by atoms with Crippen LogP contribution in [0.5, 0.6) is 0 Å². The summed E-state index contributed by atoms with van der Waals surface area (Å²) in [4.78, 5) is 9.22. The van der Waals surface area contributed by atoms with Crippen LogP contribution in [-0.4, -0.2) is 9.97 Å². The Hall–Kier alpha value is -0.930. The Bertz CT molecular complexity index is 425. The third kappa shape index (κ3) is 1.87. The molecule has 0 atom stereocenters. The van der Waals surface area contributed by atoms with Crippen LogP contribution in [0.4, 0.5) is 0 Å². The first kappa shape index (κ1) is 8.66. The molecule has 2 aromatic heterocycles. The predicted octanol–water partition coefficient (Wildman–Crippen LogP) is 3.17. The normalized spacial score (nSPS) is 10.3. The number of hydrogen-bond donors (Lipinski definition) is 0. The van der Waals surface area contributed by atoms with E-state index in [0.29, 0.717) is 5.28 Å². The van der Waals surface area contributed by atoms with Crippen molar-refractivity contribution in [1.82, 2.24) is 9.97 Å². The van der Waals surface area contributed by atoms with E-state index in [1.807, 2.05) is 6.07 Å². The minimum atomic E-state index is 0.293. The van der Waals surface area contributed by atoms with Gasteiger partial charge in [-0.1, -0.05) is 0 Å². The lowest BCUT2D eigenvalue weighted by Crippen LogP contribution is -1.83. The van der Waals surface area contributed by atoms with Crippen molar-refractivity contribution in [2.75, 3.05) is 0 Å². The third-order valence-corrected chi connectivity index (χ3v) is 2.70. The van der Waals surface area contributed by atoms with Gasteiger partial charge in [0.1, 0.15) is 0 Å². The lowest BCUT2D eigenvalue weighted by atomic mass is 10.2. The zero-order valence-corrected chi connectivity index (χ0v) is 8.56. The van der Waals surface area contributed by atoms with Crippen LogP contribution in [0.1, 0.15) is 4.88 Å². The van der Waals surface area contributed by atoms with E-state index in [1.54, 1.807) is 17.5 Å². The van der Waals surface area contributed by atoms with Gasteiger partial charge in [0.25, 0.3) is 0 Å². The molecule has 2 nitrogen and oxygen atoms in total. The van der Waals surface area contributed by atoms with E-state index in [2.05, 4.69) is 28.3 Å². The van der Waals surface area contributed by atoms with E-state index < -0.39 is 0 Å². The Morgan fingerprint density at radius 2 is 2.31 bits per heavy atom. The summed E-state index contributed by atoms with van der Waals surface area (Å²) in [5.41, 5.74) is 1.98. The van der Waals surface area contributed by atoms with Crippen molar-refractivity contribution in [2.24, 2.45) is 0 Å². The van der Waals surface area contributed by atoms with Gasteiger partial charge < -0.3 is 0 Å². The van der Waals surface area contributed by atoms with Crippen LogP contribution < -0.4 is 0 Å². The molecule has 2 rings (SSSR count). The van der Waals surface area contributed by atoms with Gasteiger partial charge in [0.05, 0.1) is 5.69 Å². The third-order valence-electron chi connectivity index (χ3n) is 1.65. The fourth-order valence-electron chi connectivity index (χ4n) is 1.07. The molecule has 0 radical (unpaired) electrons. The summed E-state index contributed by atoms with van der Waals surface area (Å²) in [6, 6.07) is 3.94. The average Bonchev–Trinajstić information content (AvgIpc) is 2.52. The summed E-state index contributed by atoms with van der Waals surface area (Å²) >= 11 is 7.38. The van der Waals surface area contributed by atoms with Crippen molar-refractivity contribution < 1.29 is 0 Å². The molecule has 0 saturated heterocycles. The molecule has 0 aliphatic carbocycles. The van der Waals surface area contributed by atoms with E-state index in [0.717, 1.165) is 11.3 Å². The largest absolute Gasteiger partial charge is 0.226 e. The highest BCUT2D eigenvalue weighted by Crippen LogP contribution is 2.23. The highest BCUT2D eigenvalue weighted by atomic mass is 35.5. The summed E-state index contributed by atoms with van der Waals surface area (Å²) in [6.07, 6.45) is 1.66. The van der Waals surface area contributed by atoms with Crippen LogP contribution in [0.15, 0.2) is 23.7 Å². The molecule has 66 valence electrons. The topological polar surface area (TPSA) is 25.8 Å². The zero-order chi connectivity index (χ0) is 9.26. The van der Waals surface area contributed by atoms with Gasteiger partial charge in [-0.05, 0) is 30.7 Å². The zero-order valence-electron chi connectivity index (χ0n) is 6.99. The lowest BCUT2D eigenvalue weighted by Gasteiger charge is -1.95. The molecule has 0 bridgehead atoms. The van der Waals surface area contributed by atoms with Gasteiger partial charge in [-0.15, -0.1) is 11.3 Å². The standard InChI is InChI=1S/C9H7ClN2S/c1-6-4-7(5-13-6)8-2-3-11-9(10)12-8/h2-5H,1H3. The molecule has 0 aliphatic heterocycles. The Labute approximate surface area is 85.2 Å². The summed E-state index contributed by atoms with van der Waals surface area (Å²) in [5, 5.41) is 2.36. The predicted molar refractivity (Wildman–Crippen MR) is 55.1 cm³/mol. The van der Waals surface area contributed by atoms with E-state index in [1.165, 1.54) is 4.88 Å². The molecule has 2 aromatic rings.